The van der Waals surface area contributed by atoms with Gasteiger partial charge in [-0.2, -0.15) is 0 Å². The summed E-state index contributed by atoms with van der Waals surface area (Å²) in [6.45, 7) is 13.2. The smallest absolute Gasteiger partial charge is 0.335 e. The highest BCUT2D eigenvalue weighted by Crippen LogP contribution is 2.39. The number of amides is 4. The van der Waals surface area contributed by atoms with Crippen LogP contribution in [0.3, 0.4) is 0 Å². The number of fused-ring (bicyclic) bond motifs is 1. The number of carbonyl (C=O) groups is 3. The van der Waals surface area contributed by atoms with Crippen molar-refractivity contribution in [2.24, 2.45) is 0 Å². The Morgan fingerprint density at radius 3 is 2.27 bits per heavy atom. The molecule has 33 heavy (non-hydrogen) atoms. The van der Waals surface area contributed by atoms with Gasteiger partial charge in [0, 0.05) is 17.8 Å². The van der Waals surface area contributed by atoms with E-state index in [1.165, 1.54) is 0 Å². The number of nitrogens with zero attached hydrogens (tertiary/aromatic N) is 2. The molecule has 170 valence electrons. The number of anilines is 2. The van der Waals surface area contributed by atoms with Crippen molar-refractivity contribution in [1.29, 1.82) is 0 Å². The number of likely N-dealkylation sites (N-methyl/N-ethyl adjacent to an activating group) is 1. The lowest BCUT2D eigenvalue weighted by atomic mass is 9.88. The molecule has 0 saturated carbocycles. The lowest BCUT2D eigenvalue weighted by molar-refractivity contribution is -0.122. The first-order chi connectivity index (χ1) is 15.5. The predicted octanol–water partition coefficient (Wildman–Crippen LogP) is 4.99. The van der Waals surface area contributed by atoms with Crippen molar-refractivity contribution in [2.75, 3.05) is 16.3 Å². The summed E-state index contributed by atoms with van der Waals surface area (Å²) in [5, 5.41) is 2.30. The van der Waals surface area contributed by atoms with E-state index in [0.29, 0.717) is 5.69 Å². The molecule has 2 heterocycles. The molecule has 4 rings (SSSR count). The molecule has 6 nitrogen and oxygen atoms in total. The molecule has 0 aromatic heterocycles. The number of hydrogen-bond acceptors (Lipinski definition) is 4. The second kappa shape index (κ2) is 8.03. The molecule has 1 saturated heterocycles. The standard InChI is InChI=1S/C27H29N3O3/c1-7-29-23-9-8-19(13-21(23)18(4)15-27(29,5)6)14-22-24(31)28-26(33)30(25(22)32)20-11-16(2)10-17(3)12-20/h8-15H,7H2,1-6H3,(H,28,31,33)/b22-14-. The molecule has 2 aliphatic heterocycles. The van der Waals surface area contributed by atoms with Gasteiger partial charge in [-0.25, -0.2) is 9.69 Å². The molecule has 2 aromatic rings. The second-order valence-electron chi connectivity index (χ2n) is 9.31. The summed E-state index contributed by atoms with van der Waals surface area (Å²) >= 11 is 0. The first-order valence-electron chi connectivity index (χ1n) is 11.1. The second-order valence-corrected chi connectivity index (χ2v) is 9.31. The molecule has 0 radical (unpaired) electrons. The number of aryl methyl sites for hydroxylation is 2. The molecule has 6 heteroatoms. The minimum atomic E-state index is -0.739. The Balaban J connectivity index is 1.76. The van der Waals surface area contributed by atoms with Crippen molar-refractivity contribution in [3.63, 3.8) is 0 Å². The molecule has 1 N–H and O–H groups in total. The number of benzene rings is 2. The topological polar surface area (TPSA) is 69.7 Å². The Hall–Kier alpha value is -3.67. The van der Waals surface area contributed by atoms with Gasteiger partial charge < -0.3 is 4.90 Å². The van der Waals surface area contributed by atoms with Crippen LogP contribution in [0, 0.1) is 13.8 Å². The number of imide groups is 2. The Bertz CT molecular complexity index is 1230. The van der Waals surface area contributed by atoms with Gasteiger partial charge in [0.25, 0.3) is 11.8 Å². The van der Waals surface area contributed by atoms with Crippen molar-refractivity contribution >= 4 is 40.9 Å². The minimum absolute atomic E-state index is 0.0705. The van der Waals surface area contributed by atoms with E-state index in [9.17, 15) is 14.4 Å². The number of nitrogens with one attached hydrogen (secondary N) is 1. The van der Waals surface area contributed by atoms with Crippen molar-refractivity contribution in [3.05, 3.63) is 70.3 Å². The molecule has 0 bridgehead atoms. The normalized spacial score (nSPS) is 18.9. The SMILES string of the molecule is CCN1c2ccc(/C=C3/C(=O)NC(=O)N(c4cc(C)cc(C)c4)C3=O)cc2C(C)=CC1(C)C. The summed E-state index contributed by atoms with van der Waals surface area (Å²) < 4.78 is 0. The first kappa shape index (κ1) is 22.5. The van der Waals surface area contributed by atoms with E-state index in [2.05, 4.69) is 44.0 Å². The van der Waals surface area contributed by atoms with Gasteiger partial charge in [-0.15, -0.1) is 0 Å². The fraction of sp³-hybridized carbons (Fsp3) is 0.296. The highest BCUT2D eigenvalue weighted by atomic mass is 16.2. The Morgan fingerprint density at radius 2 is 1.64 bits per heavy atom. The lowest BCUT2D eigenvalue weighted by Crippen LogP contribution is -2.54. The van der Waals surface area contributed by atoms with Crippen LogP contribution in [0.2, 0.25) is 0 Å². The molecule has 0 aliphatic carbocycles. The number of urea groups is 1. The molecule has 0 spiro atoms. The summed E-state index contributed by atoms with van der Waals surface area (Å²) in [5.41, 5.74) is 6.18. The molecule has 0 unspecified atom stereocenters. The minimum Gasteiger partial charge on any atom is -0.363 e. The van der Waals surface area contributed by atoms with E-state index < -0.39 is 17.8 Å². The third kappa shape index (κ3) is 3.97. The van der Waals surface area contributed by atoms with Crippen LogP contribution < -0.4 is 15.1 Å². The maximum absolute atomic E-state index is 13.3. The van der Waals surface area contributed by atoms with E-state index in [1.54, 1.807) is 18.2 Å². The molecule has 0 atom stereocenters. The summed E-state index contributed by atoms with van der Waals surface area (Å²) in [5.74, 6) is -1.32. The van der Waals surface area contributed by atoms with E-state index >= 15 is 0 Å². The van der Waals surface area contributed by atoms with Crippen LogP contribution in [0.1, 0.15) is 49.9 Å². The van der Waals surface area contributed by atoms with Gasteiger partial charge >= 0.3 is 6.03 Å². The molecule has 2 aromatic carbocycles. The summed E-state index contributed by atoms with van der Waals surface area (Å²) in [6.07, 6.45) is 3.79. The Morgan fingerprint density at radius 1 is 0.970 bits per heavy atom. The number of hydrogen-bond donors (Lipinski definition) is 1. The van der Waals surface area contributed by atoms with Crippen molar-refractivity contribution < 1.29 is 14.4 Å². The van der Waals surface area contributed by atoms with Crippen LogP contribution in [0.15, 0.2) is 48.0 Å². The summed E-state index contributed by atoms with van der Waals surface area (Å²) in [6, 6.07) is 10.7. The number of rotatable bonds is 3. The van der Waals surface area contributed by atoms with E-state index in [-0.39, 0.29) is 11.1 Å². The van der Waals surface area contributed by atoms with Gasteiger partial charge in [-0.3, -0.25) is 14.9 Å². The lowest BCUT2D eigenvalue weighted by Gasteiger charge is -2.42. The third-order valence-corrected chi connectivity index (χ3v) is 6.20. The maximum atomic E-state index is 13.3. The van der Waals surface area contributed by atoms with Gasteiger partial charge in [-0.1, -0.05) is 18.2 Å². The molecule has 2 aliphatic rings. The quantitative estimate of drug-likeness (QED) is 0.536. The van der Waals surface area contributed by atoms with Crippen LogP contribution in [0.4, 0.5) is 16.2 Å². The number of barbiturate groups is 1. The van der Waals surface area contributed by atoms with E-state index in [4.69, 9.17) is 0 Å². The summed E-state index contributed by atoms with van der Waals surface area (Å²) in [4.78, 5) is 41.8. The van der Waals surface area contributed by atoms with Crippen molar-refractivity contribution in [3.8, 4) is 0 Å². The zero-order valence-corrected chi connectivity index (χ0v) is 19.9. The predicted molar refractivity (Wildman–Crippen MR) is 132 cm³/mol. The van der Waals surface area contributed by atoms with Crippen LogP contribution in [0.5, 0.6) is 0 Å². The summed E-state index contributed by atoms with van der Waals surface area (Å²) in [7, 11) is 0. The molecular weight excluding hydrogens is 414 g/mol. The van der Waals surface area contributed by atoms with Crippen LogP contribution in [-0.4, -0.2) is 29.9 Å². The monoisotopic (exact) mass is 443 g/mol. The molecule has 1 fully saturated rings. The van der Waals surface area contributed by atoms with Crippen molar-refractivity contribution in [2.45, 2.75) is 47.1 Å². The Labute approximate surface area is 194 Å². The van der Waals surface area contributed by atoms with Crippen LogP contribution in [-0.2, 0) is 9.59 Å². The number of carbonyl (C=O) groups excluding carboxylic acids is 3. The zero-order valence-electron chi connectivity index (χ0n) is 19.9. The number of allylic oxidation sites excluding steroid dienone is 1. The largest absolute Gasteiger partial charge is 0.363 e. The van der Waals surface area contributed by atoms with Crippen molar-refractivity contribution in [1.82, 2.24) is 5.32 Å². The highest BCUT2D eigenvalue weighted by Gasteiger charge is 2.37. The third-order valence-electron chi connectivity index (χ3n) is 6.20. The van der Waals surface area contributed by atoms with Crippen LogP contribution >= 0.6 is 0 Å². The fourth-order valence-corrected chi connectivity index (χ4v) is 4.91. The van der Waals surface area contributed by atoms with E-state index in [0.717, 1.165) is 45.0 Å². The maximum Gasteiger partial charge on any atom is 0.335 e. The average molecular weight is 444 g/mol. The van der Waals surface area contributed by atoms with Crippen LogP contribution in [0.25, 0.3) is 11.6 Å². The van der Waals surface area contributed by atoms with Gasteiger partial charge in [0.15, 0.2) is 0 Å². The fourth-order valence-electron chi connectivity index (χ4n) is 4.91. The Kier molecular flexibility index (Phi) is 5.48. The molecular formula is C27H29N3O3. The zero-order chi connectivity index (χ0) is 24.1. The highest BCUT2D eigenvalue weighted by molar-refractivity contribution is 6.39. The van der Waals surface area contributed by atoms with Gasteiger partial charge in [0.05, 0.1) is 11.2 Å². The first-order valence-corrected chi connectivity index (χ1v) is 11.1. The van der Waals surface area contributed by atoms with Gasteiger partial charge in [0.1, 0.15) is 5.57 Å². The van der Waals surface area contributed by atoms with Gasteiger partial charge in [0.2, 0.25) is 0 Å². The molecule has 4 amide bonds. The average Bonchev–Trinajstić information content (AvgIpc) is 2.70. The van der Waals surface area contributed by atoms with E-state index in [1.807, 2.05) is 38.1 Å². The van der Waals surface area contributed by atoms with Gasteiger partial charge in [-0.05, 0) is 94.1 Å².